The summed E-state index contributed by atoms with van der Waals surface area (Å²) >= 11 is 0. The molecule has 1 aromatic carbocycles. The number of benzene rings is 1. The number of hydrogen-bond donors (Lipinski definition) is 3. The first-order valence-corrected chi connectivity index (χ1v) is 11.7. The van der Waals surface area contributed by atoms with E-state index in [0.717, 1.165) is 24.1 Å². The molecule has 1 saturated carbocycles. The number of anilines is 1. The largest absolute Gasteiger partial charge is 0.507 e. The number of rotatable bonds is 4. The summed E-state index contributed by atoms with van der Waals surface area (Å²) in [5.41, 5.74) is 6.79. The van der Waals surface area contributed by atoms with Gasteiger partial charge in [0.05, 0.1) is 36.7 Å². The Balaban J connectivity index is 1.41. The maximum absolute atomic E-state index is 14.5. The molecule has 4 N–H and O–H groups in total. The number of pyridine rings is 2. The molecule has 1 amide bonds. The van der Waals surface area contributed by atoms with Gasteiger partial charge in [0.25, 0.3) is 5.91 Å². The molecule has 0 bridgehead atoms. The lowest BCUT2D eigenvalue weighted by Gasteiger charge is -2.45. The van der Waals surface area contributed by atoms with Crippen molar-refractivity contribution in [2.75, 3.05) is 18.5 Å². The van der Waals surface area contributed by atoms with Gasteiger partial charge in [-0.3, -0.25) is 9.78 Å². The van der Waals surface area contributed by atoms with Crippen molar-refractivity contribution in [3.63, 3.8) is 0 Å². The summed E-state index contributed by atoms with van der Waals surface area (Å²) in [7, 11) is 0. The van der Waals surface area contributed by atoms with Gasteiger partial charge in [0.2, 0.25) is 0 Å². The highest BCUT2D eigenvalue weighted by Gasteiger charge is 2.51. The van der Waals surface area contributed by atoms with Gasteiger partial charge in [-0.25, -0.2) is 13.8 Å². The fourth-order valence-electron chi connectivity index (χ4n) is 5.26. The number of phenolic OH excluding ortho intramolecular Hbond substituents is 1. The van der Waals surface area contributed by atoms with Crippen LogP contribution in [0.25, 0.3) is 11.3 Å². The topological polar surface area (TPSA) is 120 Å². The van der Waals surface area contributed by atoms with Crippen LogP contribution in [0, 0.1) is 17.6 Å². The van der Waals surface area contributed by atoms with Crippen molar-refractivity contribution in [2.45, 2.75) is 37.5 Å². The number of phenols is 1. The standard InChI is InChI=1S/C26H26F2N4O4/c1-14-11-15(12-22(29)26(14)35-9-10-36-26)16-7-8-30-13-20(16)32-25(34)19-6-5-18(28)24(31-19)23-17(27)3-2-4-21(23)33/h2-8,13-15,22,33H,9-12,29H2,1H3,(H,32,34)/t14-,15+,22+/m0/s1. The van der Waals surface area contributed by atoms with E-state index in [9.17, 15) is 18.7 Å². The van der Waals surface area contributed by atoms with Gasteiger partial charge >= 0.3 is 0 Å². The van der Waals surface area contributed by atoms with E-state index < -0.39 is 40.3 Å². The molecular formula is C26H26F2N4O4. The number of nitrogens with zero attached hydrogens (tertiary/aromatic N) is 2. The molecule has 0 radical (unpaired) electrons. The number of carbonyl (C=O) groups is 1. The van der Waals surface area contributed by atoms with Crippen molar-refractivity contribution >= 4 is 11.6 Å². The minimum Gasteiger partial charge on any atom is -0.507 e. The van der Waals surface area contributed by atoms with Crippen LogP contribution in [0.4, 0.5) is 14.5 Å². The van der Waals surface area contributed by atoms with Crippen molar-refractivity contribution in [2.24, 2.45) is 11.7 Å². The minimum absolute atomic E-state index is 0.0128. The number of hydrogen-bond acceptors (Lipinski definition) is 7. The summed E-state index contributed by atoms with van der Waals surface area (Å²) in [4.78, 5) is 21.3. The van der Waals surface area contributed by atoms with Gasteiger partial charge in [-0.05, 0) is 54.7 Å². The van der Waals surface area contributed by atoms with E-state index in [1.165, 1.54) is 24.4 Å². The number of aromatic hydroxyl groups is 1. The molecule has 2 fully saturated rings. The molecule has 2 aliphatic rings. The summed E-state index contributed by atoms with van der Waals surface area (Å²) in [6.07, 6.45) is 4.49. The Kier molecular flexibility index (Phi) is 6.42. The zero-order valence-corrected chi connectivity index (χ0v) is 19.6. The Morgan fingerprint density at radius 1 is 1.14 bits per heavy atom. The molecule has 1 saturated heterocycles. The molecule has 8 nitrogen and oxygen atoms in total. The smallest absolute Gasteiger partial charge is 0.274 e. The zero-order valence-electron chi connectivity index (χ0n) is 19.6. The second kappa shape index (κ2) is 9.53. The van der Waals surface area contributed by atoms with E-state index in [1.54, 1.807) is 6.20 Å². The highest BCUT2D eigenvalue weighted by atomic mass is 19.1. The molecule has 2 aromatic heterocycles. The molecule has 10 heteroatoms. The maximum atomic E-state index is 14.5. The Morgan fingerprint density at radius 2 is 1.92 bits per heavy atom. The number of amides is 1. The van der Waals surface area contributed by atoms with Crippen molar-refractivity contribution in [3.05, 3.63) is 71.7 Å². The van der Waals surface area contributed by atoms with E-state index in [4.69, 9.17) is 15.2 Å². The van der Waals surface area contributed by atoms with Crippen LogP contribution in [0.2, 0.25) is 0 Å². The molecule has 0 unspecified atom stereocenters. The van der Waals surface area contributed by atoms with Gasteiger partial charge in [-0.15, -0.1) is 0 Å². The van der Waals surface area contributed by atoms with E-state index in [2.05, 4.69) is 15.3 Å². The molecule has 36 heavy (non-hydrogen) atoms. The van der Waals surface area contributed by atoms with Gasteiger partial charge < -0.3 is 25.6 Å². The third kappa shape index (κ3) is 4.21. The Bertz CT molecular complexity index is 1260. The second-order valence-electron chi connectivity index (χ2n) is 9.17. The third-order valence-corrected chi connectivity index (χ3v) is 6.97. The number of halogens is 2. The van der Waals surface area contributed by atoms with Crippen molar-refractivity contribution in [3.8, 4) is 17.0 Å². The predicted octanol–water partition coefficient (Wildman–Crippen LogP) is 3.96. The first-order chi connectivity index (χ1) is 17.3. The fraction of sp³-hybridized carbons (Fsp3) is 0.346. The predicted molar refractivity (Wildman–Crippen MR) is 127 cm³/mol. The second-order valence-corrected chi connectivity index (χ2v) is 9.17. The van der Waals surface area contributed by atoms with Crippen LogP contribution >= 0.6 is 0 Å². The lowest BCUT2D eigenvalue weighted by Crippen LogP contribution is -2.57. The molecule has 1 aliphatic heterocycles. The first kappa shape index (κ1) is 24.2. The highest BCUT2D eigenvalue weighted by Crippen LogP contribution is 2.46. The molecule has 1 spiro atoms. The average molecular weight is 497 g/mol. The maximum Gasteiger partial charge on any atom is 0.274 e. The third-order valence-electron chi connectivity index (χ3n) is 6.97. The molecule has 188 valence electrons. The van der Waals surface area contributed by atoms with Crippen LogP contribution in [-0.2, 0) is 9.47 Å². The van der Waals surface area contributed by atoms with Crippen molar-refractivity contribution in [1.29, 1.82) is 0 Å². The van der Waals surface area contributed by atoms with Gasteiger partial charge in [-0.1, -0.05) is 13.0 Å². The van der Waals surface area contributed by atoms with E-state index >= 15 is 0 Å². The number of nitrogens with one attached hydrogen (secondary N) is 1. The van der Waals surface area contributed by atoms with Crippen LogP contribution in [0.3, 0.4) is 0 Å². The zero-order chi connectivity index (χ0) is 25.4. The van der Waals surface area contributed by atoms with Crippen molar-refractivity contribution < 1.29 is 28.2 Å². The molecule has 5 rings (SSSR count). The van der Waals surface area contributed by atoms with Gasteiger partial charge in [0, 0.05) is 12.1 Å². The molecule has 1 aliphatic carbocycles. The Hall–Kier alpha value is -3.47. The van der Waals surface area contributed by atoms with Crippen molar-refractivity contribution in [1.82, 2.24) is 9.97 Å². The SMILES string of the molecule is C[C@H]1C[C@@H](c2ccncc2NC(=O)c2ccc(F)c(-c3c(O)cccc3F)n2)C[C@@H](N)C12OCCO2. The highest BCUT2D eigenvalue weighted by molar-refractivity contribution is 6.03. The molecule has 3 atom stereocenters. The fourth-order valence-corrected chi connectivity index (χ4v) is 5.26. The summed E-state index contributed by atoms with van der Waals surface area (Å²) in [5, 5.41) is 12.8. The van der Waals surface area contributed by atoms with Gasteiger partial charge in [0.15, 0.2) is 5.79 Å². The number of nitrogens with two attached hydrogens (primary N) is 1. The normalized spacial score (nSPS) is 23.1. The number of aromatic nitrogens is 2. The number of carbonyl (C=O) groups excluding carboxylic acids is 1. The minimum atomic E-state index is -0.871. The summed E-state index contributed by atoms with van der Waals surface area (Å²) in [5.74, 6) is -3.59. The Labute approximate surface area is 206 Å². The lowest BCUT2D eigenvalue weighted by atomic mass is 9.72. The van der Waals surface area contributed by atoms with E-state index in [-0.39, 0.29) is 23.6 Å². The summed E-state index contributed by atoms with van der Waals surface area (Å²) < 4.78 is 40.6. The first-order valence-electron chi connectivity index (χ1n) is 11.7. The van der Waals surface area contributed by atoms with E-state index in [1.807, 2.05) is 13.0 Å². The molecule has 3 heterocycles. The van der Waals surface area contributed by atoms with Crippen LogP contribution < -0.4 is 11.1 Å². The quantitative estimate of drug-likeness (QED) is 0.500. The summed E-state index contributed by atoms with van der Waals surface area (Å²) in [6.45, 7) is 3.06. The summed E-state index contributed by atoms with van der Waals surface area (Å²) in [6, 6.07) is 7.27. The van der Waals surface area contributed by atoms with E-state index in [0.29, 0.717) is 25.3 Å². The molecule has 3 aromatic rings. The van der Waals surface area contributed by atoms with Gasteiger partial charge in [0.1, 0.15) is 28.8 Å². The van der Waals surface area contributed by atoms with Crippen LogP contribution in [0.1, 0.15) is 41.7 Å². The molecular weight excluding hydrogens is 470 g/mol. The number of ether oxygens (including phenoxy) is 2. The lowest BCUT2D eigenvalue weighted by molar-refractivity contribution is -0.221. The Morgan fingerprint density at radius 3 is 2.64 bits per heavy atom. The van der Waals surface area contributed by atoms with Gasteiger partial charge in [-0.2, -0.15) is 0 Å². The van der Waals surface area contributed by atoms with Crippen LogP contribution in [0.15, 0.2) is 48.8 Å². The monoisotopic (exact) mass is 496 g/mol. The van der Waals surface area contributed by atoms with Crippen LogP contribution in [0.5, 0.6) is 5.75 Å². The average Bonchev–Trinajstić information content (AvgIpc) is 3.35. The van der Waals surface area contributed by atoms with Crippen LogP contribution in [-0.4, -0.2) is 46.0 Å².